The summed E-state index contributed by atoms with van der Waals surface area (Å²) in [6.45, 7) is -2.99. The standard InChI is InChI=1S/C7H3Cl2F3O/c8-4-1-3(13-7(11)12)2-5(9)6(4)10/h1-2,7H. The first-order valence-corrected chi connectivity index (χ1v) is 3.85. The van der Waals surface area contributed by atoms with Crippen molar-refractivity contribution in [3.63, 3.8) is 0 Å². The molecule has 0 radical (unpaired) electrons. The Hall–Kier alpha value is -0.610. The van der Waals surface area contributed by atoms with Crippen LogP contribution in [0, 0.1) is 5.82 Å². The van der Waals surface area contributed by atoms with Crippen molar-refractivity contribution >= 4 is 23.2 Å². The van der Waals surface area contributed by atoms with Crippen LogP contribution in [0.1, 0.15) is 0 Å². The number of halogens is 5. The van der Waals surface area contributed by atoms with Crippen molar-refractivity contribution in [1.29, 1.82) is 0 Å². The van der Waals surface area contributed by atoms with Crippen LogP contribution in [0.5, 0.6) is 5.75 Å². The highest BCUT2D eigenvalue weighted by Gasteiger charge is 2.11. The quantitative estimate of drug-likeness (QED) is 0.704. The fourth-order valence-electron chi connectivity index (χ4n) is 0.703. The lowest BCUT2D eigenvalue weighted by atomic mass is 10.3. The second kappa shape index (κ2) is 4.07. The third-order valence-electron chi connectivity index (χ3n) is 1.18. The molecular formula is C7H3Cl2F3O. The summed E-state index contributed by atoms with van der Waals surface area (Å²) in [6, 6.07) is 1.85. The maximum absolute atomic E-state index is 12.7. The smallest absolute Gasteiger partial charge is 0.387 e. The van der Waals surface area contributed by atoms with Crippen LogP contribution in [0.2, 0.25) is 10.0 Å². The van der Waals surface area contributed by atoms with Gasteiger partial charge < -0.3 is 4.74 Å². The second-order valence-electron chi connectivity index (χ2n) is 2.08. The minimum atomic E-state index is -2.99. The number of hydrogen-bond donors (Lipinski definition) is 0. The molecule has 0 N–H and O–H groups in total. The molecule has 0 unspecified atom stereocenters. The van der Waals surface area contributed by atoms with Gasteiger partial charge in [0.25, 0.3) is 0 Å². The molecule has 1 nitrogen and oxygen atoms in total. The van der Waals surface area contributed by atoms with E-state index in [1.165, 1.54) is 0 Å². The van der Waals surface area contributed by atoms with Gasteiger partial charge in [-0.25, -0.2) is 4.39 Å². The van der Waals surface area contributed by atoms with Gasteiger partial charge in [0.2, 0.25) is 0 Å². The van der Waals surface area contributed by atoms with E-state index >= 15 is 0 Å². The summed E-state index contributed by atoms with van der Waals surface area (Å²) >= 11 is 10.6. The molecule has 72 valence electrons. The van der Waals surface area contributed by atoms with E-state index in [-0.39, 0.29) is 15.8 Å². The third kappa shape index (κ3) is 2.67. The summed E-state index contributed by atoms with van der Waals surface area (Å²) in [4.78, 5) is 0. The molecule has 1 aromatic carbocycles. The van der Waals surface area contributed by atoms with E-state index in [9.17, 15) is 13.2 Å². The fourth-order valence-corrected chi connectivity index (χ4v) is 1.17. The number of hydrogen-bond acceptors (Lipinski definition) is 1. The first kappa shape index (κ1) is 10.5. The largest absolute Gasteiger partial charge is 0.435 e. The minimum Gasteiger partial charge on any atom is -0.435 e. The van der Waals surface area contributed by atoms with Gasteiger partial charge in [-0.2, -0.15) is 8.78 Å². The first-order valence-electron chi connectivity index (χ1n) is 3.10. The Balaban J connectivity index is 2.99. The van der Waals surface area contributed by atoms with E-state index in [0.29, 0.717) is 0 Å². The molecule has 0 atom stereocenters. The number of alkyl halides is 2. The Kier molecular flexibility index (Phi) is 3.27. The highest BCUT2D eigenvalue weighted by Crippen LogP contribution is 2.29. The summed E-state index contributed by atoms with van der Waals surface area (Å²) in [7, 11) is 0. The van der Waals surface area contributed by atoms with E-state index in [0.717, 1.165) is 12.1 Å². The van der Waals surface area contributed by atoms with E-state index in [1.807, 2.05) is 0 Å². The highest BCUT2D eigenvalue weighted by atomic mass is 35.5. The van der Waals surface area contributed by atoms with Gasteiger partial charge in [-0.3, -0.25) is 0 Å². The molecule has 0 aromatic heterocycles. The molecule has 0 amide bonds. The van der Waals surface area contributed by atoms with Crippen molar-refractivity contribution < 1.29 is 17.9 Å². The summed E-state index contributed by atoms with van der Waals surface area (Å²) in [6.07, 6.45) is 0. The Labute approximate surface area is 82.0 Å². The van der Waals surface area contributed by atoms with Gasteiger partial charge in [0.05, 0.1) is 10.0 Å². The van der Waals surface area contributed by atoms with Crippen LogP contribution in [-0.2, 0) is 0 Å². The van der Waals surface area contributed by atoms with Crippen LogP contribution in [0.3, 0.4) is 0 Å². The Morgan fingerprint density at radius 1 is 1.15 bits per heavy atom. The van der Waals surface area contributed by atoms with E-state index in [1.54, 1.807) is 0 Å². The van der Waals surface area contributed by atoms with E-state index < -0.39 is 12.4 Å². The van der Waals surface area contributed by atoms with Crippen LogP contribution >= 0.6 is 23.2 Å². The van der Waals surface area contributed by atoms with Gasteiger partial charge in [-0.1, -0.05) is 23.2 Å². The fraction of sp³-hybridized carbons (Fsp3) is 0.143. The third-order valence-corrected chi connectivity index (χ3v) is 1.73. The molecule has 0 saturated heterocycles. The van der Waals surface area contributed by atoms with Gasteiger partial charge in [-0.05, 0) is 0 Å². The van der Waals surface area contributed by atoms with Crippen LogP contribution < -0.4 is 4.74 Å². The molecule has 0 heterocycles. The Morgan fingerprint density at radius 3 is 2.00 bits per heavy atom. The normalized spacial score (nSPS) is 10.6. The van der Waals surface area contributed by atoms with Crippen LogP contribution in [-0.4, -0.2) is 6.61 Å². The molecule has 0 aliphatic carbocycles. The minimum absolute atomic E-state index is 0.272. The SMILES string of the molecule is Fc1c(Cl)cc(OC(F)F)cc1Cl. The zero-order valence-electron chi connectivity index (χ0n) is 6.03. The summed E-state index contributed by atoms with van der Waals surface area (Å²) in [5, 5.41) is -0.716. The van der Waals surface area contributed by atoms with Gasteiger partial charge in [0.1, 0.15) is 5.75 Å². The lowest BCUT2D eigenvalue weighted by molar-refractivity contribution is -0.0498. The molecule has 0 aliphatic rings. The number of benzene rings is 1. The lowest BCUT2D eigenvalue weighted by Crippen LogP contribution is -2.02. The number of ether oxygens (including phenoxy) is 1. The van der Waals surface area contributed by atoms with Crippen molar-refractivity contribution in [1.82, 2.24) is 0 Å². The molecule has 0 fully saturated rings. The summed E-state index contributed by atoms with van der Waals surface area (Å²) in [5.74, 6) is -1.13. The molecule has 0 saturated carbocycles. The number of rotatable bonds is 2. The molecule has 0 spiro atoms. The zero-order chi connectivity index (χ0) is 10.0. The van der Waals surface area contributed by atoms with Crippen molar-refractivity contribution in [2.24, 2.45) is 0 Å². The van der Waals surface area contributed by atoms with E-state index in [2.05, 4.69) is 4.74 Å². The van der Waals surface area contributed by atoms with Crippen LogP contribution in [0.4, 0.5) is 13.2 Å². The maximum Gasteiger partial charge on any atom is 0.387 e. The predicted octanol–water partition coefficient (Wildman–Crippen LogP) is 3.73. The van der Waals surface area contributed by atoms with Gasteiger partial charge >= 0.3 is 6.61 Å². The molecule has 0 aliphatic heterocycles. The van der Waals surface area contributed by atoms with Gasteiger partial charge in [0.15, 0.2) is 5.82 Å². The average Bonchev–Trinajstić information content (AvgIpc) is 1.98. The molecule has 1 rings (SSSR count). The van der Waals surface area contributed by atoms with Crippen molar-refractivity contribution in [2.75, 3.05) is 0 Å². The maximum atomic E-state index is 12.7. The lowest BCUT2D eigenvalue weighted by Gasteiger charge is -2.05. The Morgan fingerprint density at radius 2 is 1.62 bits per heavy atom. The molecule has 6 heteroatoms. The highest BCUT2D eigenvalue weighted by molar-refractivity contribution is 6.35. The summed E-state index contributed by atoms with van der Waals surface area (Å²) < 4.78 is 40.1. The summed E-state index contributed by atoms with van der Waals surface area (Å²) in [5.41, 5.74) is 0. The van der Waals surface area contributed by atoms with Crippen LogP contribution in [0.25, 0.3) is 0 Å². The van der Waals surface area contributed by atoms with Crippen LogP contribution in [0.15, 0.2) is 12.1 Å². The molecule has 0 bridgehead atoms. The molecule has 13 heavy (non-hydrogen) atoms. The van der Waals surface area contributed by atoms with Gasteiger partial charge in [0, 0.05) is 12.1 Å². The predicted molar refractivity (Wildman–Crippen MR) is 43.1 cm³/mol. The van der Waals surface area contributed by atoms with Crippen molar-refractivity contribution in [2.45, 2.75) is 6.61 Å². The van der Waals surface area contributed by atoms with Gasteiger partial charge in [-0.15, -0.1) is 0 Å². The Bertz CT molecular complexity index is 294. The molecular weight excluding hydrogens is 228 g/mol. The average molecular weight is 231 g/mol. The molecule has 1 aromatic rings. The van der Waals surface area contributed by atoms with E-state index in [4.69, 9.17) is 23.2 Å². The topological polar surface area (TPSA) is 9.23 Å². The van der Waals surface area contributed by atoms with Crippen molar-refractivity contribution in [3.8, 4) is 5.75 Å². The van der Waals surface area contributed by atoms with Crippen molar-refractivity contribution in [3.05, 3.63) is 28.0 Å². The first-order chi connectivity index (χ1) is 6.00. The monoisotopic (exact) mass is 230 g/mol. The second-order valence-corrected chi connectivity index (χ2v) is 2.89. The zero-order valence-corrected chi connectivity index (χ0v) is 7.54.